The van der Waals surface area contributed by atoms with Gasteiger partial charge in [-0.2, -0.15) is 4.98 Å². The van der Waals surface area contributed by atoms with Gasteiger partial charge in [0, 0.05) is 11.8 Å². The van der Waals surface area contributed by atoms with Crippen LogP contribution in [0.25, 0.3) is 6.08 Å². The Morgan fingerprint density at radius 1 is 1.38 bits per heavy atom. The highest BCUT2D eigenvalue weighted by atomic mass is 16.5. The van der Waals surface area contributed by atoms with Gasteiger partial charge in [-0.3, -0.25) is 0 Å². The summed E-state index contributed by atoms with van der Waals surface area (Å²) in [4.78, 5) is 8.40. The van der Waals surface area contributed by atoms with Crippen LogP contribution in [0.3, 0.4) is 0 Å². The summed E-state index contributed by atoms with van der Waals surface area (Å²) in [5.41, 5.74) is 1.97. The van der Waals surface area contributed by atoms with Crippen molar-refractivity contribution in [3.05, 3.63) is 23.7 Å². The molecule has 0 N–H and O–H groups in total. The molecule has 1 heterocycles. The van der Waals surface area contributed by atoms with Gasteiger partial charge in [-0.05, 0) is 19.4 Å². The normalized spacial score (nSPS) is 10.7. The van der Waals surface area contributed by atoms with Crippen molar-refractivity contribution in [2.24, 2.45) is 0 Å². The van der Waals surface area contributed by atoms with Gasteiger partial charge in [0.2, 0.25) is 0 Å². The molecule has 1 aromatic heterocycles. The number of hydrogen-bond donors (Lipinski definition) is 0. The SMILES string of the molecule is CCCc1nc(OC)ncc1/C=C/OCC. The van der Waals surface area contributed by atoms with E-state index in [1.165, 1.54) is 0 Å². The van der Waals surface area contributed by atoms with E-state index >= 15 is 0 Å². The van der Waals surface area contributed by atoms with Crippen LogP contribution in [-0.4, -0.2) is 23.7 Å². The molecule has 1 aromatic rings. The maximum absolute atomic E-state index is 5.16. The van der Waals surface area contributed by atoms with E-state index in [0.717, 1.165) is 24.1 Å². The van der Waals surface area contributed by atoms with E-state index in [2.05, 4.69) is 16.9 Å². The van der Waals surface area contributed by atoms with Crippen molar-refractivity contribution in [1.82, 2.24) is 9.97 Å². The predicted octanol–water partition coefficient (Wildman–Crippen LogP) is 2.44. The van der Waals surface area contributed by atoms with E-state index in [9.17, 15) is 0 Å². The zero-order chi connectivity index (χ0) is 11.8. The fraction of sp³-hybridized carbons (Fsp3) is 0.500. The first-order valence-corrected chi connectivity index (χ1v) is 5.49. The van der Waals surface area contributed by atoms with E-state index in [1.54, 1.807) is 19.6 Å². The molecule has 0 unspecified atom stereocenters. The van der Waals surface area contributed by atoms with E-state index in [0.29, 0.717) is 12.6 Å². The lowest BCUT2D eigenvalue weighted by molar-refractivity contribution is 0.272. The Bertz CT molecular complexity index is 351. The van der Waals surface area contributed by atoms with Gasteiger partial charge in [-0.1, -0.05) is 13.3 Å². The van der Waals surface area contributed by atoms with Crippen molar-refractivity contribution in [1.29, 1.82) is 0 Å². The predicted molar refractivity (Wildman–Crippen MR) is 63.2 cm³/mol. The van der Waals surface area contributed by atoms with Crippen LogP contribution in [0.5, 0.6) is 6.01 Å². The number of methoxy groups -OCH3 is 1. The first-order valence-electron chi connectivity index (χ1n) is 5.49. The summed E-state index contributed by atoms with van der Waals surface area (Å²) in [5.74, 6) is 0. The molecule has 0 aromatic carbocycles. The van der Waals surface area contributed by atoms with Gasteiger partial charge >= 0.3 is 6.01 Å². The van der Waals surface area contributed by atoms with Crippen LogP contribution in [-0.2, 0) is 11.2 Å². The Morgan fingerprint density at radius 3 is 2.81 bits per heavy atom. The molecule has 0 spiro atoms. The minimum absolute atomic E-state index is 0.414. The highest BCUT2D eigenvalue weighted by molar-refractivity contribution is 5.49. The third kappa shape index (κ3) is 3.53. The monoisotopic (exact) mass is 222 g/mol. The second-order valence-corrected chi connectivity index (χ2v) is 3.27. The first-order chi connectivity index (χ1) is 7.81. The zero-order valence-corrected chi connectivity index (χ0v) is 10.1. The second kappa shape index (κ2) is 6.82. The fourth-order valence-corrected chi connectivity index (χ4v) is 1.30. The van der Waals surface area contributed by atoms with Gasteiger partial charge in [0.15, 0.2) is 0 Å². The maximum Gasteiger partial charge on any atom is 0.316 e. The van der Waals surface area contributed by atoms with Crippen LogP contribution in [0.2, 0.25) is 0 Å². The van der Waals surface area contributed by atoms with Gasteiger partial charge < -0.3 is 9.47 Å². The van der Waals surface area contributed by atoms with Crippen LogP contribution in [0.15, 0.2) is 12.5 Å². The Morgan fingerprint density at radius 2 is 2.19 bits per heavy atom. The summed E-state index contributed by atoms with van der Waals surface area (Å²) in [6.45, 7) is 4.73. The largest absolute Gasteiger partial charge is 0.501 e. The second-order valence-electron chi connectivity index (χ2n) is 3.27. The smallest absolute Gasteiger partial charge is 0.316 e. The molecule has 0 aliphatic heterocycles. The minimum Gasteiger partial charge on any atom is -0.501 e. The fourth-order valence-electron chi connectivity index (χ4n) is 1.30. The highest BCUT2D eigenvalue weighted by Gasteiger charge is 2.04. The quantitative estimate of drug-likeness (QED) is 0.693. The Balaban J connectivity index is 2.88. The van der Waals surface area contributed by atoms with Crippen molar-refractivity contribution in [3.8, 4) is 6.01 Å². The standard InChI is InChI=1S/C12H18N2O2/c1-4-6-11-10(7-8-16-5-2)9-13-12(14-11)15-3/h7-9H,4-6H2,1-3H3/b8-7+. The number of hydrogen-bond acceptors (Lipinski definition) is 4. The van der Waals surface area contributed by atoms with Gasteiger partial charge in [0.05, 0.1) is 25.7 Å². The minimum atomic E-state index is 0.414. The van der Waals surface area contributed by atoms with E-state index in [1.807, 2.05) is 13.0 Å². The summed E-state index contributed by atoms with van der Waals surface area (Å²) in [6.07, 6.45) is 7.25. The molecule has 16 heavy (non-hydrogen) atoms. The number of nitrogens with zero attached hydrogens (tertiary/aromatic N) is 2. The Hall–Kier alpha value is -1.58. The summed E-state index contributed by atoms with van der Waals surface area (Å²) < 4.78 is 10.2. The van der Waals surface area contributed by atoms with E-state index < -0.39 is 0 Å². The molecule has 0 bridgehead atoms. The lowest BCUT2D eigenvalue weighted by atomic mass is 10.1. The Kier molecular flexibility index (Phi) is 5.32. The lowest BCUT2D eigenvalue weighted by Gasteiger charge is -2.05. The molecule has 0 aliphatic rings. The topological polar surface area (TPSA) is 44.2 Å². The summed E-state index contributed by atoms with van der Waals surface area (Å²) >= 11 is 0. The van der Waals surface area contributed by atoms with Crippen LogP contribution in [0.1, 0.15) is 31.5 Å². The molecule has 0 aliphatic carbocycles. The molecule has 0 saturated heterocycles. The van der Waals surface area contributed by atoms with E-state index in [4.69, 9.17) is 9.47 Å². The maximum atomic E-state index is 5.16. The average Bonchev–Trinajstić information content (AvgIpc) is 2.31. The molecule has 0 saturated carbocycles. The van der Waals surface area contributed by atoms with Gasteiger partial charge in [0.1, 0.15) is 0 Å². The molecule has 4 nitrogen and oxygen atoms in total. The molecular formula is C12H18N2O2. The molecule has 88 valence electrons. The van der Waals surface area contributed by atoms with Crippen LogP contribution in [0, 0.1) is 0 Å². The molecule has 0 fully saturated rings. The third-order valence-electron chi connectivity index (χ3n) is 2.06. The van der Waals surface area contributed by atoms with Crippen molar-refractivity contribution >= 4 is 6.08 Å². The number of rotatable bonds is 6. The molecule has 0 radical (unpaired) electrons. The summed E-state index contributed by atoms with van der Waals surface area (Å²) in [7, 11) is 1.57. The number of ether oxygens (including phenoxy) is 2. The van der Waals surface area contributed by atoms with Crippen LogP contribution in [0.4, 0.5) is 0 Å². The van der Waals surface area contributed by atoms with Crippen LogP contribution < -0.4 is 4.74 Å². The number of aryl methyl sites for hydroxylation is 1. The summed E-state index contributed by atoms with van der Waals surface area (Å²) in [6, 6.07) is 0.414. The lowest BCUT2D eigenvalue weighted by Crippen LogP contribution is -1.99. The molecule has 0 atom stereocenters. The van der Waals surface area contributed by atoms with Gasteiger partial charge in [-0.25, -0.2) is 4.98 Å². The molecule has 1 rings (SSSR count). The summed E-state index contributed by atoms with van der Waals surface area (Å²) in [5, 5.41) is 0. The van der Waals surface area contributed by atoms with Crippen molar-refractivity contribution < 1.29 is 9.47 Å². The van der Waals surface area contributed by atoms with Gasteiger partial charge in [-0.15, -0.1) is 0 Å². The molecule has 0 amide bonds. The number of aromatic nitrogens is 2. The Labute approximate surface area is 96.3 Å². The van der Waals surface area contributed by atoms with E-state index in [-0.39, 0.29) is 0 Å². The molecule has 4 heteroatoms. The third-order valence-corrected chi connectivity index (χ3v) is 2.06. The van der Waals surface area contributed by atoms with Crippen molar-refractivity contribution in [2.45, 2.75) is 26.7 Å². The zero-order valence-electron chi connectivity index (χ0n) is 10.1. The average molecular weight is 222 g/mol. The van der Waals surface area contributed by atoms with Crippen LogP contribution >= 0.6 is 0 Å². The first kappa shape index (κ1) is 12.5. The van der Waals surface area contributed by atoms with Gasteiger partial charge in [0.25, 0.3) is 0 Å². The molecular weight excluding hydrogens is 204 g/mol. The van der Waals surface area contributed by atoms with Crippen molar-refractivity contribution in [3.63, 3.8) is 0 Å². The highest BCUT2D eigenvalue weighted by Crippen LogP contribution is 2.13. The van der Waals surface area contributed by atoms with Crippen molar-refractivity contribution in [2.75, 3.05) is 13.7 Å².